The van der Waals surface area contributed by atoms with Crippen LogP contribution in [0.5, 0.6) is 11.5 Å². The number of nitrogens with zero attached hydrogens (tertiary/aromatic N) is 1. The van der Waals surface area contributed by atoms with Crippen molar-refractivity contribution >= 4 is 6.03 Å². The number of amides is 2. The molecule has 144 valence electrons. The number of carbonyl (C=O) groups is 1. The van der Waals surface area contributed by atoms with E-state index in [1.807, 2.05) is 42.2 Å². The summed E-state index contributed by atoms with van der Waals surface area (Å²) in [6.45, 7) is 3.15. The molecular weight excluding hydrogens is 340 g/mol. The first-order valence-corrected chi connectivity index (χ1v) is 9.68. The van der Waals surface area contributed by atoms with Gasteiger partial charge in [-0.15, -0.1) is 0 Å². The maximum Gasteiger partial charge on any atom is 0.317 e. The lowest BCUT2D eigenvalue weighted by Gasteiger charge is -2.37. The predicted octanol–water partition coefficient (Wildman–Crippen LogP) is 4.36. The van der Waals surface area contributed by atoms with E-state index in [4.69, 9.17) is 0 Å². The van der Waals surface area contributed by atoms with Crippen LogP contribution in [0.15, 0.2) is 48.5 Å². The van der Waals surface area contributed by atoms with Crippen molar-refractivity contribution in [3.63, 3.8) is 0 Å². The molecule has 3 N–H and O–H groups in total. The number of aromatic hydroxyl groups is 2. The quantitative estimate of drug-likeness (QED) is 0.734. The normalized spacial score (nSPS) is 19.4. The van der Waals surface area contributed by atoms with Crippen LogP contribution in [0.4, 0.5) is 4.79 Å². The molecule has 1 aliphatic carbocycles. The van der Waals surface area contributed by atoms with Gasteiger partial charge in [-0.1, -0.05) is 36.4 Å². The molecule has 2 amide bonds. The summed E-state index contributed by atoms with van der Waals surface area (Å²) in [5.41, 5.74) is 2.01. The fraction of sp³-hybridized carbons (Fsp3) is 0.409. The third-order valence-electron chi connectivity index (χ3n) is 5.38. The number of rotatable bonds is 5. The van der Waals surface area contributed by atoms with E-state index in [1.54, 1.807) is 12.1 Å². The van der Waals surface area contributed by atoms with Gasteiger partial charge in [0.25, 0.3) is 0 Å². The number of nitrogens with one attached hydrogen (secondary N) is 1. The zero-order valence-electron chi connectivity index (χ0n) is 15.8. The summed E-state index contributed by atoms with van der Waals surface area (Å²) in [4.78, 5) is 14.6. The van der Waals surface area contributed by atoms with Crippen molar-refractivity contribution in [2.75, 3.05) is 6.54 Å². The molecule has 5 nitrogen and oxygen atoms in total. The van der Waals surface area contributed by atoms with Crippen molar-refractivity contribution in [3.8, 4) is 11.5 Å². The average molecular weight is 368 g/mol. The zero-order chi connectivity index (χ0) is 19.2. The van der Waals surface area contributed by atoms with Crippen LogP contribution in [0.25, 0.3) is 0 Å². The van der Waals surface area contributed by atoms with Crippen LogP contribution >= 0.6 is 0 Å². The zero-order valence-corrected chi connectivity index (χ0v) is 15.8. The Kier molecular flexibility index (Phi) is 6.22. The molecule has 2 aromatic carbocycles. The number of benzene rings is 2. The minimum atomic E-state index is -0.0164. The van der Waals surface area contributed by atoms with E-state index >= 15 is 0 Å². The second-order valence-corrected chi connectivity index (χ2v) is 7.20. The summed E-state index contributed by atoms with van der Waals surface area (Å²) >= 11 is 0. The molecule has 0 bridgehead atoms. The number of hydrogen-bond acceptors (Lipinski definition) is 3. The predicted molar refractivity (Wildman–Crippen MR) is 106 cm³/mol. The van der Waals surface area contributed by atoms with Crippen molar-refractivity contribution in [3.05, 3.63) is 59.7 Å². The molecule has 0 unspecified atom stereocenters. The second kappa shape index (κ2) is 8.80. The van der Waals surface area contributed by atoms with Gasteiger partial charge in [-0.25, -0.2) is 4.79 Å². The van der Waals surface area contributed by atoms with Crippen molar-refractivity contribution in [1.82, 2.24) is 10.2 Å². The van der Waals surface area contributed by atoms with Gasteiger partial charge in [-0.2, -0.15) is 0 Å². The highest BCUT2D eigenvalue weighted by Gasteiger charge is 2.30. The maximum atomic E-state index is 12.6. The smallest absolute Gasteiger partial charge is 0.317 e. The van der Waals surface area contributed by atoms with Gasteiger partial charge >= 0.3 is 6.03 Å². The average Bonchev–Trinajstić information content (AvgIpc) is 2.67. The Labute approximate surface area is 160 Å². The van der Waals surface area contributed by atoms with Crippen molar-refractivity contribution in [2.24, 2.45) is 0 Å². The summed E-state index contributed by atoms with van der Waals surface area (Å²) < 4.78 is 0. The van der Waals surface area contributed by atoms with E-state index in [0.29, 0.717) is 13.1 Å². The lowest BCUT2D eigenvalue weighted by molar-refractivity contribution is 0.147. The lowest BCUT2D eigenvalue weighted by Crippen LogP contribution is -2.46. The Balaban J connectivity index is 1.69. The van der Waals surface area contributed by atoms with E-state index < -0.39 is 0 Å². The van der Waals surface area contributed by atoms with Gasteiger partial charge in [0.1, 0.15) is 11.5 Å². The summed E-state index contributed by atoms with van der Waals surface area (Å²) in [7, 11) is 0. The molecular formula is C22H28N2O3. The molecule has 2 aromatic rings. The molecule has 5 heteroatoms. The molecule has 0 aliphatic heterocycles. The van der Waals surface area contributed by atoms with Crippen LogP contribution in [0, 0.1) is 0 Å². The molecule has 1 aliphatic rings. The van der Waals surface area contributed by atoms with E-state index in [2.05, 4.69) is 5.32 Å². The molecule has 0 saturated heterocycles. The van der Waals surface area contributed by atoms with Gasteiger partial charge in [0.2, 0.25) is 0 Å². The van der Waals surface area contributed by atoms with Gasteiger partial charge in [0, 0.05) is 25.2 Å². The van der Waals surface area contributed by atoms with Gasteiger partial charge in [0.15, 0.2) is 0 Å². The highest BCUT2D eigenvalue weighted by molar-refractivity contribution is 5.74. The number of urea groups is 1. The molecule has 3 rings (SSSR count). The highest BCUT2D eigenvalue weighted by Crippen LogP contribution is 2.39. The topological polar surface area (TPSA) is 72.8 Å². The van der Waals surface area contributed by atoms with Gasteiger partial charge in [0.05, 0.1) is 0 Å². The molecule has 0 heterocycles. The Bertz CT molecular complexity index is 755. The Hall–Kier alpha value is -2.69. The largest absolute Gasteiger partial charge is 0.508 e. The van der Waals surface area contributed by atoms with Crippen LogP contribution in [0.1, 0.15) is 49.7 Å². The van der Waals surface area contributed by atoms with Gasteiger partial charge in [-0.05, 0) is 55.7 Å². The fourth-order valence-corrected chi connectivity index (χ4v) is 3.98. The van der Waals surface area contributed by atoms with Gasteiger partial charge < -0.3 is 20.4 Å². The van der Waals surface area contributed by atoms with Crippen LogP contribution < -0.4 is 5.32 Å². The van der Waals surface area contributed by atoms with E-state index in [1.165, 1.54) is 6.07 Å². The minimum absolute atomic E-state index is 0.0164. The van der Waals surface area contributed by atoms with Crippen LogP contribution in [-0.2, 0) is 6.54 Å². The fourth-order valence-electron chi connectivity index (χ4n) is 3.98. The molecule has 1 fully saturated rings. The molecule has 0 aromatic heterocycles. The second-order valence-electron chi connectivity index (χ2n) is 7.20. The number of carbonyl (C=O) groups excluding carboxylic acids is 1. The highest BCUT2D eigenvalue weighted by atomic mass is 16.3. The third-order valence-corrected chi connectivity index (χ3v) is 5.38. The number of phenols is 2. The SMILES string of the molecule is CCNC(=O)N(Cc1ccccc1)[C@H]1CC[C@@H](c2ccc(O)cc2O)CC1. The van der Waals surface area contributed by atoms with Crippen molar-refractivity contribution < 1.29 is 15.0 Å². The van der Waals surface area contributed by atoms with E-state index in [0.717, 1.165) is 36.8 Å². The third kappa shape index (κ3) is 4.73. The lowest BCUT2D eigenvalue weighted by atomic mass is 9.81. The molecule has 0 spiro atoms. The maximum absolute atomic E-state index is 12.6. The summed E-state index contributed by atoms with van der Waals surface area (Å²) in [5.74, 6) is 0.494. The van der Waals surface area contributed by atoms with Gasteiger partial charge in [-0.3, -0.25) is 0 Å². The van der Waals surface area contributed by atoms with E-state index in [9.17, 15) is 15.0 Å². The summed E-state index contributed by atoms with van der Waals surface area (Å²) in [6, 6.07) is 15.1. The standard InChI is InChI=1S/C22H28N2O3/c1-2-23-22(27)24(15-16-6-4-3-5-7-16)18-10-8-17(9-11-18)20-13-12-19(25)14-21(20)26/h3-7,12-14,17-18,25-26H,2,8-11,15H2,1H3,(H,23,27)/t17-,18+. The summed E-state index contributed by atoms with van der Waals surface area (Å²) in [6.07, 6.45) is 3.62. The Morgan fingerprint density at radius 2 is 1.78 bits per heavy atom. The van der Waals surface area contributed by atoms with Crippen LogP contribution in [0.2, 0.25) is 0 Å². The first-order valence-electron chi connectivity index (χ1n) is 9.68. The Morgan fingerprint density at radius 1 is 1.07 bits per heavy atom. The summed E-state index contributed by atoms with van der Waals surface area (Å²) in [5, 5.41) is 22.6. The first-order chi connectivity index (χ1) is 13.1. The molecule has 1 saturated carbocycles. The van der Waals surface area contributed by atoms with Crippen LogP contribution in [-0.4, -0.2) is 33.7 Å². The first kappa shape index (κ1) is 19.1. The Morgan fingerprint density at radius 3 is 2.41 bits per heavy atom. The monoisotopic (exact) mass is 368 g/mol. The molecule has 0 atom stereocenters. The minimum Gasteiger partial charge on any atom is -0.508 e. The van der Waals surface area contributed by atoms with E-state index in [-0.39, 0.29) is 29.5 Å². The number of phenolic OH excluding ortho intramolecular Hbond substituents is 2. The van der Waals surface area contributed by atoms with Crippen LogP contribution in [0.3, 0.4) is 0 Å². The molecule has 0 radical (unpaired) electrons. The molecule has 27 heavy (non-hydrogen) atoms. The van der Waals surface area contributed by atoms with Crippen molar-refractivity contribution in [2.45, 2.75) is 51.1 Å². The number of hydrogen-bond donors (Lipinski definition) is 3. The van der Waals surface area contributed by atoms with Crippen molar-refractivity contribution in [1.29, 1.82) is 0 Å².